The topological polar surface area (TPSA) is 200 Å². The van der Waals surface area contributed by atoms with Gasteiger partial charge in [-0.2, -0.15) is 0 Å². The van der Waals surface area contributed by atoms with E-state index in [2.05, 4.69) is 0 Å². The molecule has 0 unspecified atom stereocenters. The molecular weight excluding hydrogens is 742 g/mol. The maximum atomic E-state index is 13.7. The summed E-state index contributed by atoms with van der Waals surface area (Å²) >= 11 is 0. The van der Waals surface area contributed by atoms with E-state index >= 15 is 0 Å². The van der Waals surface area contributed by atoms with Crippen molar-refractivity contribution < 1.29 is 68.0 Å². The van der Waals surface area contributed by atoms with Gasteiger partial charge < -0.3 is 58.5 Å². The van der Waals surface area contributed by atoms with Gasteiger partial charge >= 0.3 is 5.97 Å². The fourth-order valence-corrected chi connectivity index (χ4v) is 8.04. The van der Waals surface area contributed by atoms with Gasteiger partial charge in [0.15, 0.2) is 24.1 Å². The van der Waals surface area contributed by atoms with E-state index in [1.54, 1.807) is 58.8 Å². The lowest BCUT2D eigenvalue weighted by Gasteiger charge is -2.46. The summed E-state index contributed by atoms with van der Waals surface area (Å²) in [4.78, 5) is 41.0. The summed E-state index contributed by atoms with van der Waals surface area (Å²) in [5.41, 5.74) is 0.711. The van der Waals surface area contributed by atoms with Crippen LogP contribution in [0.5, 0.6) is 0 Å². The minimum atomic E-state index is -1.30. The molecule has 2 fully saturated rings. The Hall–Kier alpha value is -2.41. The summed E-state index contributed by atoms with van der Waals surface area (Å²) in [6, 6.07) is -0.734. The maximum absolute atomic E-state index is 13.7. The molecule has 0 aromatic rings. The highest BCUT2D eigenvalue weighted by atomic mass is 16.7. The van der Waals surface area contributed by atoms with Crippen LogP contribution >= 0.6 is 0 Å². The molecule has 0 aromatic heterocycles. The smallest absolute Gasteiger partial charge is 0.308 e. The van der Waals surface area contributed by atoms with Crippen LogP contribution in [0.3, 0.4) is 0 Å². The minimum Gasteiger partial charge on any atom is -0.462 e. The number of nitrogens with zero attached hydrogens (tertiary/aromatic N) is 1. The number of hydrogen-bond acceptors (Lipinski definition) is 15. The number of hydrogen-bond donors (Lipinski definition) is 4. The zero-order valence-electron chi connectivity index (χ0n) is 35.6. The zero-order chi connectivity index (χ0) is 42.7. The highest BCUT2D eigenvalue weighted by Gasteiger charge is 2.48. The van der Waals surface area contributed by atoms with Crippen molar-refractivity contribution in [1.29, 1.82) is 0 Å². The molecule has 57 heavy (non-hydrogen) atoms. The average molecular weight is 812 g/mol. The number of rotatable bonds is 12. The summed E-state index contributed by atoms with van der Waals surface area (Å²) in [7, 11) is 6.40. The quantitative estimate of drug-likeness (QED) is 0.166. The van der Waals surface area contributed by atoms with Gasteiger partial charge in [-0.25, -0.2) is 0 Å². The van der Waals surface area contributed by atoms with Crippen molar-refractivity contribution in [2.45, 2.75) is 154 Å². The lowest BCUT2D eigenvalue weighted by Crippen LogP contribution is -2.63. The van der Waals surface area contributed by atoms with Crippen LogP contribution in [0.15, 0.2) is 36.0 Å². The highest BCUT2D eigenvalue weighted by molar-refractivity contribution is 5.91. The number of cyclic esters (lactones) is 1. The van der Waals surface area contributed by atoms with Crippen molar-refractivity contribution in [3.63, 3.8) is 0 Å². The van der Waals surface area contributed by atoms with E-state index in [-0.39, 0.29) is 31.0 Å². The monoisotopic (exact) mass is 811 g/mol. The van der Waals surface area contributed by atoms with Crippen molar-refractivity contribution in [2.24, 2.45) is 23.7 Å². The fraction of sp³-hybridized carbons (Fsp3) is 0.786. The Morgan fingerprint density at radius 3 is 2.14 bits per heavy atom. The number of methoxy groups -OCH3 is 2. The standard InChI is InChI=1S/C42H69NO14/c1-12-32-29(21-53-42-40(52-11)39(51-10)36(49)27(7)55-42)18-22(2)16-17-30(45)23(3)19-28(15-13-14-24(4)44)38(25(5)31(46)20-33(47)56-32)57-41-37(50)34(43(8)9)35(48)26(6)54-41/h13-14,16-18,23,25-29,31-32,34-42,46,48-50H,12,15,19-21H2,1-11H3/b14-13+,17-16+,22-18+/t23-,25+,26-,27-,28+,29-,31-,32-,34+,35-,36-,37-,38-,39-,40-,41+,42-/m1/s1. The van der Waals surface area contributed by atoms with E-state index in [0.717, 1.165) is 0 Å². The summed E-state index contributed by atoms with van der Waals surface area (Å²) in [6.07, 6.45) is -2.37. The van der Waals surface area contributed by atoms with Crippen LogP contribution in [0.25, 0.3) is 0 Å². The van der Waals surface area contributed by atoms with Crippen molar-refractivity contribution in [3.05, 3.63) is 36.0 Å². The van der Waals surface area contributed by atoms with Crippen LogP contribution in [-0.4, -0.2) is 157 Å². The predicted octanol–water partition coefficient (Wildman–Crippen LogP) is 2.51. The molecule has 0 bridgehead atoms. The molecule has 2 saturated heterocycles. The van der Waals surface area contributed by atoms with Gasteiger partial charge in [-0.3, -0.25) is 14.4 Å². The Morgan fingerprint density at radius 2 is 1.54 bits per heavy atom. The number of allylic oxidation sites excluding steroid dienone is 5. The summed E-state index contributed by atoms with van der Waals surface area (Å²) in [5.74, 6) is -3.30. The van der Waals surface area contributed by atoms with Crippen LogP contribution in [0.2, 0.25) is 0 Å². The van der Waals surface area contributed by atoms with Crippen LogP contribution < -0.4 is 0 Å². The highest BCUT2D eigenvalue weighted by Crippen LogP contribution is 2.35. The van der Waals surface area contributed by atoms with Gasteiger partial charge in [-0.1, -0.05) is 44.6 Å². The summed E-state index contributed by atoms with van der Waals surface area (Å²) in [6.45, 7) is 12.0. The molecule has 3 aliphatic rings. The molecule has 0 aromatic carbocycles. The van der Waals surface area contributed by atoms with Crippen molar-refractivity contribution in [1.82, 2.24) is 4.90 Å². The van der Waals surface area contributed by atoms with Crippen LogP contribution in [0.1, 0.15) is 74.1 Å². The van der Waals surface area contributed by atoms with Gasteiger partial charge in [-0.15, -0.1) is 0 Å². The molecule has 15 nitrogen and oxygen atoms in total. The molecule has 4 N–H and O–H groups in total. The van der Waals surface area contributed by atoms with Crippen molar-refractivity contribution >= 4 is 17.5 Å². The van der Waals surface area contributed by atoms with E-state index in [4.69, 9.17) is 33.2 Å². The van der Waals surface area contributed by atoms with E-state index < -0.39 is 116 Å². The first-order chi connectivity index (χ1) is 26.8. The molecule has 15 heteroatoms. The predicted molar refractivity (Wildman–Crippen MR) is 210 cm³/mol. The second-order valence-electron chi connectivity index (χ2n) is 16.2. The molecule has 0 radical (unpaired) electrons. The average Bonchev–Trinajstić information content (AvgIpc) is 3.15. The normalized spacial score (nSPS) is 42.1. The minimum absolute atomic E-state index is 0.0141. The Balaban J connectivity index is 2.01. The van der Waals surface area contributed by atoms with Crippen LogP contribution in [-0.2, 0) is 47.5 Å². The van der Waals surface area contributed by atoms with Gasteiger partial charge in [0.25, 0.3) is 0 Å². The largest absolute Gasteiger partial charge is 0.462 e. The molecule has 3 heterocycles. The van der Waals surface area contributed by atoms with Gasteiger partial charge in [-0.05, 0) is 79.1 Å². The number of ether oxygens (including phenoxy) is 7. The molecule has 0 saturated carbocycles. The van der Waals surface area contributed by atoms with Gasteiger partial charge in [0.2, 0.25) is 0 Å². The third-order valence-corrected chi connectivity index (χ3v) is 11.5. The number of esters is 1. The van der Waals surface area contributed by atoms with Crippen molar-refractivity contribution in [2.75, 3.05) is 34.9 Å². The first kappa shape index (κ1) is 49.0. The molecule has 17 atom stereocenters. The maximum Gasteiger partial charge on any atom is 0.308 e. The fourth-order valence-electron chi connectivity index (χ4n) is 8.04. The molecule has 0 spiro atoms. The lowest BCUT2D eigenvalue weighted by molar-refractivity contribution is -0.304. The number of aliphatic hydroxyl groups is 4. The van der Waals surface area contributed by atoms with Crippen LogP contribution in [0, 0.1) is 23.7 Å². The summed E-state index contributed by atoms with van der Waals surface area (Å²) in [5, 5.41) is 44.6. The van der Waals surface area contributed by atoms with Crippen molar-refractivity contribution in [3.8, 4) is 0 Å². The molecule has 0 aliphatic carbocycles. The van der Waals surface area contributed by atoms with Crippen LogP contribution in [0.4, 0.5) is 0 Å². The second kappa shape index (κ2) is 22.8. The number of ketones is 2. The number of likely N-dealkylation sites (N-methyl/N-ethyl adjacent to an activating group) is 1. The number of carbonyl (C=O) groups excluding carboxylic acids is 3. The van der Waals surface area contributed by atoms with Gasteiger partial charge in [0.05, 0.1) is 49.6 Å². The molecule has 326 valence electrons. The number of aliphatic hydroxyl groups excluding tert-OH is 4. The van der Waals surface area contributed by atoms with Gasteiger partial charge in [0.1, 0.15) is 30.5 Å². The molecule has 0 amide bonds. The Bertz CT molecular complexity index is 1390. The molecular formula is C42H69NO14. The first-order valence-electron chi connectivity index (χ1n) is 20.1. The second-order valence-corrected chi connectivity index (χ2v) is 16.2. The van der Waals surface area contributed by atoms with Gasteiger partial charge in [0, 0.05) is 32.0 Å². The van der Waals surface area contributed by atoms with E-state index in [1.807, 2.05) is 19.9 Å². The lowest BCUT2D eigenvalue weighted by atomic mass is 9.79. The molecule has 3 rings (SSSR count). The SMILES string of the molecule is CC[C@H]1OC(=O)C[C@@H](O)[C@H](C)[C@@H](O[C@@H]2O[C@H](C)[C@@H](O)[C@H](N(C)C)[C@H]2O)[C@@H](C/C=C/C(C)=O)C[C@@H](C)C(=O)/C=C/C(C)=C/[C@@H]1CO[C@@H]1O[C@H](C)[C@@H](O)[C@@H](OC)[C@H]1OC. The molecule has 3 aliphatic heterocycles. The Kier molecular flexibility index (Phi) is 19.6. The van der Waals surface area contributed by atoms with E-state index in [1.165, 1.54) is 33.3 Å². The Labute approximate surface area is 338 Å². The summed E-state index contributed by atoms with van der Waals surface area (Å²) < 4.78 is 42.0. The number of carbonyl (C=O) groups is 3. The third-order valence-electron chi connectivity index (χ3n) is 11.5. The van der Waals surface area contributed by atoms with E-state index in [0.29, 0.717) is 12.0 Å². The third kappa shape index (κ3) is 13.3. The van der Waals surface area contributed by atoms with E-state index in [9.17, 15) is 34.8 Å². The first-order valence-corrected chi connectivity index (χ1v) is 20.1. The Morgan fingerprint density at radius 1 is 0.912 bits per heavy atom. The zero-order valence-corrected chi connectivity index (χ0v) is 35.6.